The summed E-state index contributed by atoms with van der Waals surface area (Å²) in [7, 11) is 1.56. The van der Waals surface area contributed by atoms with Gasteiger partial charge in [0.15, 0.2) is 0 Å². The Bertz CT molecular complexity index is 573. The number of ether oxygens (including phenoxy) is 1. The summed E-state index contributed by atoms with van der Waals surface area (Å²) < 4.78 is 18.0. The van der Waals surface area contributed by atoms with Gasteiger partial charge >= 0.3 is 0 Å². The molecule has 2 aromatic rings. The maximum absolute atomic E-state index is 12.8. The van der Waals surface area contributed by atoms with Crippen molar-refractivity contribution in [3.05, 3.63) is 53.6 Å². The van der Waals surface area contributed by atoms with Gasteiger partial charge in [-0.15, -0.1) is 0 Å². The van der Waals surface area contributed by atoms with Crippen LogP contribution in [0.4, 0.5) is 10.1 Å². The van der Waals surface area contributed by atoms with Crippen molar-refractivity contribution in [2.24, 2.45) is 0 Å². The first-order valence-electron chi connectivity index (χ1n) is 6.30. The van der Waals surface area contributed by atoms with Crippen LogP contribution in [-0.4, -0.2) is 17.2 Å². The molecular weight excluding hydrogens is 259 g/mol. The summed E-state index contributed by atoms with van der Waals surface area (Å²) in [6.45, 7) is 1.84. The molecule has 0 aliphatic heterocycles. The van der Waals surface area contributed by atoms with Gasteiger partial charge in [0, 0.05) is 11.3 Å². The number of hydrogen-bond donors (Lipinski definition) is 2. The Kier molecular flexibility index (Phi) is 4.53. The van der Waals surface area contributed by atoms with Gasteiger partial charge in [-0.1, -0.05) is 0 Å². The highest BCUT2D eigenvalue weighted by Crippen LogP contribution is 2.25. The van der Waals surface area contributed by atoms with Crippen LogP contribution < -0.4 is 10.1 Å². The van der Waals surface area contributed by atoms with Crippen molar-refractivity contribution in [1.29, 1.82) is 0 Å². The van der Waals surface area contributed by atoms with Gasteiger partial charge in [0.2, 0.25) is 0 Å². The molecule has 0 bridgehead atoms. The molecule has 0 fully saturated rings. The molecule has 1 unspecified atom stereocenters. The van der Waals surface area contributed by atoms with E-state index >= 15 is 0 Å². The summed E-state index contributed by atoms with van der Waals surface area (Å²) in [6.07, 6.45) is 1.20. The zero-order chi connectivity index (χ0) is 14.5. The Labute approximate surface area is 117 Å². The van der Waals surface area contributed by atoms with Crippen LogP contribution in [0, 0.1) is 5.82 Å². The molecule has 1 aromatic heterocycles. The first-order valence-corrected chi connectivity index (χ1v) is 6.30. The summed E-state index contributed by atoms with van der Waals surface area (Å²) in [5.41, 5.74) is 2.29. The average molecular weight is 276 g/mol. The third-order valence-electron chi connectivity index (χ3n) is 3.03. The van der Waals surface area contributed by atoms with Crippen LogP contribution in [0.25, 0.3) is 0 Å². The van der Waals surface area contributed by atoms with E-state index in [1.807, 2.05) is 19.1 Å². The minimum absolute atomic E-state index is 0.0736. The number of aliphatic hydroxyl groups is 1. The van der Waals surface area contributed by atoms with Crippen molar-refractivity contribution >= 4 is 5.69 Å². The van der Waals surface area contributed by atoms with E-state index in [1.54, 1.807) is 19.2 Å². The lowest BCUT2D eigenvalue weighted by molar-refractivity contribution is 0.274. The highest BCUT2D eigenvalue weighted by molar-refractivity contribution is 5.52. The summed E-state index contributed by atoms with van der Waals surface area (Å²) >= 11 is 0. The second-order valence-corrected chi connectivity index (χ2v) is 4.45. The molecule has 1 aromatic carbocycles. The maximum atomic E-state index is 12.8. The van der Waals surface area contributed by atoms with Gasteiger partial charge in [-0.2, -0.15) is 0 Å². The molecule has 106 valence electrons. The number of nitrogens with zero attached hydrogens (tertiary/aromatic N) is 1. The van der Waals surface area contributed by atoms with Gasteiger partial charge < -0.3 is 15.2 Å². The molecular formula is C15H17FN2O2. The van der Waals surface area contributed by atoms with E-state index in [1.165, 1.54) is 12.3 Å². The molecule has 20 heavy (non-hydrogen) atoms. The smallest absolute Gasteiger partial charge is 0.141 e. The van der Waals surface area contributed by atoms with Crippen molar-refractivity contribution in [2.45, 2.75) is 19.6 Å². The maximum Gasteiger partial charge on any atom is 0.141 e. The minimum Gasteiger partial charge on any atom is -0.496 e. The number of rotatable bonds is 5. The highest BCUT2D eigenvalue weighted by atomic mass is 19.1. The molecule has 0 aliphatic carbocycles. The monoisotopic (exact) mass is 276 g/mol. The third kappa shape index (κ3) is 3.24. The predicted molar refractivity (Wildman–Crippen MR) is 75.1 cm³/mol. The summed E-state index contributed by atoms with van der Waals surface area (Å²) in [6, 6.07) is 8.42. The standard InChI is InChI=1S/C15H17FN2O2/c1-10(14-5-3-12(16)8-17-14)18-13-4-6-15(20-2)11(7-13)9-19/h3-8,10,18-19H,9H2,1-2H3. The number of aromatic nitrogens is 1. The van der Waals surface area contributed by atoms with Crippen LogP contribution >= 0.6 is 0 Å². The van der Waals surface area contributed by atoms with Crippen LogP contribution in [0.15, 0.2) is 36.5 Å². The normalized spacial score (nSPS) is 12.0. The molecule has 5 heteroatoms. The fourth-order valence-corrected chi connectivity index (χ4v) is 1.96. The van der Waals surface area contributed by atoms with E-state index in [0.29, 0.717) is 11.3 Å². The fraction of sp³-hybridized carbons (Fsp3) is 0.267. The number of methoxy groups -OCH3 is 1. The number of aliphatic hydroxyl groups excluding tert-OH is 1. The predicted octanol–water partition coefficient (Wildman–Crippen LogP) is 2.89. The van der Waals surface area contributed by atoms with E-state index in [9.17, 15) is 9.50 Å². The molecule has 2 N–H and O–H groups in total. The summed E-state index contributed by atoms with van der Waals surface area (Å²) in [5.74, 6) is 0.290. The zero-order valence-corrected chi connectivity index (χ0v) is 11.4. The Hall–Kier alpha value is -2.14. The molecule has 4 nitrogen and oxygen atoms in total. The van der Waals surface area contributed by atoms with Crippen LogP contribution in [0.1, 0.15) is 24.2 Å². The van der Waals surface area contributed by atoms with Gasteiger partial charge in [-0.3, -0.25) is 4.98 Å². The Morgan fingerprint density at radius 3 is 2.75 bits per heavy atom. The lowest BCUT2D eigenvalue weighted by Gasteiger charge is -2.16. The van der Waals surface area contributed by atoms with Gasteiger partial charge in [0.25, 0.3) is 0 Å². The molecule has 0 amide bonds. The first-order chi connectivity index (χ1) is 9.63. The van der Waals surface area contributed by atoms with Gasteiger partial charge in [0.1, 0.15) is 11.6 Å². The second-order valence-electron chi connectivity index (χ2n) is 4.45. The van der Waals surface area contributed by atoms with Crippen LogP contribution in [0.5, 0.6) is 5.75 Å². The van der Waals surface area contributed by atoms with Crippen molar-refractivity contribution < 1.29 is 14.2 Å². The van der Waals surface area contributed by atoms with Crippen LogP contribution in [0.2, 0.25) is 0 Å². The molecule has 1 heterocycles. The van der Waals surface area contributed by atoms with E-state index < -0.39 is 0 Å². The second kappa shape index (κ2) is 6.34. The van der Waals surface area contributed by atoms with Crippen molar-refractivity contribution in [3.63, 3.8) is 0 Å². The largest absolute Gasteiger partial charge is 0.496 e. The van der Waals surface area contributed by atoms with E-state index in [0.717, 1.165) is 11.4 Å². The van der Waals surface area contributed by atoms with Crippen LogP contribution in [-0.2, 0) is 6.61 Å². The lowest BCUT2D eigenvalue weighted by Crippen LogP contribution is -2.09. The Morgan fingerprint density at radius 2 is 2.15 bits per heavy atom. The number of halogens is 1. The molecule has 0 aliphatic rings. The average Bonchev–Trinajstić information content (AvgIpc) is 2.47. The van der Waals surface area contributed by atoms with Crippen molar-refractivity contribution in [1.82, 2.24) is 4.98 Å². The van der Waals surface area contributed by atoms with E-state index in [4.69, 9.17) is 4.74 Å². The van der Waals surface area contributed by atoms with Crippen LogP contribution in [0.3, 0.4) is 0 Å². The van der Waals surface area contributed by atoms with Gasteiger partial charge in [0.05, 0.1) is 31.6 Å². The SMILES string of the molecule is COc1ccc(NC(C)c2ccc(F)cn2)cc1CO. The lowest BCUT2D eigenvalue weighted by atomic mass is 10.1. The topological polar surface area (TPSA) is 54.4 Å². The van der Waals surface area contributed by atoms with Crippen molar-refractivity contribution in [3.8, 4) is 5.75 Å². The molecule has 2 rings (SSSR count). The number of pyridine rings is 1. The molecule has 0 saturated heterocycles. The number of nitrogens with one attached hydrogen (secondary N) is 1. The van der Waals surface area contributed by atoms with Gasteiger partial charge in [-0.25, -0.2) is 4.39 Å². The number of anilines is 1. The zero-order valence-electron chi connectivity index (χ0n) is 11.4. The quantitative estimate of drug-likeness (QED) is 0.881. The van der Waals surface area contributed by atoms with E-state index in [-0.39, 0.29) is 18.5 Å². The summed E-state index contributed by atoms with van der Waals surface area (Å²) in [4.78, 5) is 4.04. The molecule has 0 spiro atoms. The summed E-state index contributed by atoms with van der Waals surface area (Å²) in [5, 5.41) is 12.5. The fourth-order valence-electron chi connectivity index (χ4n) is 1.96. The van der Waals surface area contributed by atoms with Gasteiger partial charge in [-0.05, 0) is 37.3 Å². The molecule has 0 saturated carbocycles. The van der Waals surface area contributed by atoms with E-state index in [2.05, 4.69) is 10.3 Å². The minimum atomic E-state index is -0.354. The molecule has 0 radical (unpaired) electrons. The van der Waals surface area contributed by atoms with Crippen molar-refractivity contribution in [2.75, 3.05) is 12.4 Å². The third-order valence-corrected chi connectivity index (χ3v) is 3.03. The Morgan fingerprint density at radius 1 is 1.35 bits per heavy atom. The molecule has 1 atom stereocenters. The first kappa shape index (κ1) is 14.3. The Balaban J connectivity index is 2.15. The number of hydrogen-bond acceptors (Lipinski definition) is 4. The number of benzene rings is 1. The highest BCUT2D eigenvalue weighted by Gasteiger charge is 2.09.